The molecule has 222 valence electrons. The molecule has 0 bridgehead atoms. The lowest BCUT2D eigenvalue weighted by Gasteiger charge is -2.47. The van der Waals surface area contributed by atoms with Crippen molar-refractivity contribution in [2.75, 3.05) is 62.3 Å². The van der Waals surface area contributed by atoms with Crippen molar-refractivity contribution in [3.05, 3.63) is 33.7 Å². The van der Waals surface area contributed by atoms with E-state index < -0.39 is 18.1 Å². The van der Waals surface area contributed by atoms with Gasteiger partial charge in [0.25, 0.3) is 11.8 Å². The highest BCUT2D eigenvalue weighted by atomic mass is 35.5. The van der Waals surface area contributed by atoms with E-state index in [1.54, 1.807) is 12.1 Å². The van der Waals surface area contributed by atoms with Crippen LogP contribution in [0.2, 0.25) is 10.3 Å². The van der Waals surface area contributed by atoms with Crippen LogP contribution in [0.1, 0.15) is 47.0 Å². The number of ether oxygens (including phenoxy) is 1. The van der Waals surface area contributed by atoms with E-state index in [2.05, 4.69) is 37.0 Å². The minimum absolute atomic E-state index is 0.0284. The maximum Gasteiger partial charge on any atom is 0.274 e. The number of hydrogen-bond acceptors (Lipinski definition) is 11. The summed E-state index contributed by atoms with van der Waals surface area (Å²) in [5.74, 6) is -0.131. The average molecular weight is 609 g/mol. The predicted molar refractivity (Wildman–Crippen MR) is 155 cm³/mol. The van der Waals surface area contributed by atoms with Gasteiger partial charge >= 0.3 is 0 Å². The SMILES string of the molecule is CC[C@H]1CN(c2nc(N)c(C(=O)NC3COCC3O)nc2Cl)CCN1C1CCN(C(=O)c2ccc(Cl)nc2N)CC1. The van der Waals surface area contributed by atoms with Crippen molar-refractivity contribution in [3.63, 3.8) is 0 Å². The van der Waals surface area contributed by atoms with Gasteiger partial charge in [-0.1, -0.05) is 30.1 Å². The maximum atomic E-state index is 13.0. The van der Waals surface area contributed by atoms with Crippen LogP contribution in [0.15, 0.2) is 12.1 Å². The first-order valence-electron chi connectivity index (χ1n) is 13.8. The molecule has 2 aromatic heterocycles. The molecule has 3 aliphatic rings. The number of aromatic nitrogens is 3. The lowest BCUT2D eigenvalue weighted by molar-refractivity contribution is 0.0491. The summed E-state index contributed by atoms with van der Waals surface area (Å²) < 4.78 is 5.18. The Morgan fingerprint density at radius 1 is 1.07 bits per heavy atom. The molecule has 0 saturated carbocycles. The van der Waals surface area contributed by atoms with Crippen molar-refractivity contribution < 1.29 is 19.4 Å². The number of amides is 2. The van der Waals surface area contributed by atoms with Crippen molar-refractivity contribution >= 4 is 52.5 Å². The zero-order valence-corrected chi connectivity index (χ0v) is 24.3. The molecule has 0 aromatic carbocycles. The first kappa shape index (κ1) is 29.5. The van der Waals surface area contributed by atoms with E-state index in [1.165, 1.54) is 0 Å². The van der Waals surface area contributed by atoms with Crippen LogP contribution in [0.5, 0.6) is 0 Å². The molecule has 0 aliphatic carbocycles. The molecule has 3 saturated heterocycles. The van der Waals surface area contributed by atoms with Crippen LogP contribution in [0.4, 0.5) is 17.5 Å². The number of carbonyl (C=O) groups excluding carboxylic acids is 2. The largest absolute Gasteiger partial charge is 0.388 e. The molecule has 0 radical (unpaired) electrons. The van der Waals surface area contributed by atoms with Gasteiger partial charge in [-0.2, -0.15) is 0 Å². The molecule has 3 atom stereocenters. The van der Waals surface area contributed by atoms with Crippen LogP contribution in [0.3, 0.4) is 0 Å². The van der Waals surface area contributed by atoms with Crippen LogP contribution in [-0.2, 0) is 4.74 Å². The second-order valence-electron chi connectivity index (χ2n) is 10.6. The predicted octanol–water partition coefficient (Wildman–Crippen LogP) is 1.04. The number of halogens is 2. The number of hydrogen-bond donors (Lipinski definition) is 4. The van der Waals surface area contributed by atoms with E-state index in [9.17, 15) is 14.7 Å². The van der Waals surface area contributed by atoms with Crippen LogP contribution in [0, 0.1) is 0 Å². The summed E-state index contributed by atoms with van der Waals surface area (Å²) in [4.78, 5) is 44.9. The van der Waals surface area contributed by atoms with E-state index in [4.69, 9.17) is 39.4 Å². The number of likely N-dealkylation sites (tertiary alicyclic amines) is 1. The number of piperazine rings is 1. The molecule has 2 aromatic rings. The molecule has 3 aliphatic heterocycles. The lowest BCUT2D eigenvalue weighted by Crippen LogP contribution is -2.58. The zero-order valence-electron chi connectivity index (χ0n) is 22.8. The van der Waals surface area contributed by atoms with Crippen LogP contribution >= 0.6 is 23.2 Å². The molecule has 13 nitrogen and oxygen atoms in total. The molecule has 5 rings (SSSR count). The second kappa shape index (κ2) is 12.5. The zero-order chi connectivity index (χ0) is 29.3. The summed E-state index contributed by atoms with van der Waals surface area (Å²) in [5.41, 5.74) is 12.4. The van der Waals surface area contributed by atoms with Crippen molar-refractivity contribution in [3.8, 4) is 0 Å². The average Bonchev–Trinajstić information content (AvgIpc) is 3.37. The molecule has 2 amide bonds. The number of pyridine rings is 1. The van der Waals surface area contributed by atoms with E-state index in [0.717, 1.165) is 25.8 Å². The fourth-order valence-electron chi connectivity index (χ4n) is 5.81. The van der Waals surface area contributed by atoms with Gasteiger partial charge < -0.3 is 36.4 Å². The van der Waals surface area contributed by atoms with Gasteiger partial charge in [-0.25, -0.2) is 15.0 Å². The van der Waals surface area contributed by atoms with Gasteiger partial charge in [0.1, 0.15) is 11.0 Å². The smallest absolute Gasteiger partial charge is 0.274 e. The molecular weight excluding hydrogens is 573 g/mol. The number of nitrogens with one attached hydrogen (secondary N) is 1. The minimum Gasteiger partial charge on any atom is -0.388 e. The first-order valence-corrected chi connectivity index (χ1v) is 14.5. The van der Waals surface area contributed by atoms with Gasteiger partial charge in [0.05, 0.1) is 30.9 Å². The fraction of sp³-hybridized carbons (Fsp3) is 0.577. The molecule has 2 unspecified atom stereocenters. The Labute approximate surface area is 248 Å². The van der Waals surface area contributed by atoms with Crippen LogP contribution in [-0.4, -0.2) is 112 Å². The van der Waals surface area contributed by atoms with Crippen molar-refractivity contribution in [1.29, 1.82) is 0 Å². The van der Waals surface area contributed by atoms with Crippen molar-refractivity contribution in [2.45, 2.75) is 50.4 Å². The number of aliphatic hydroxyl groups excluding tert-OH is 1. The Bertz CT molecular complexity index is 1290. The maximum absolute atomic E-state index is 13.0. The highest BCUT2D eigenvalue weighted by molar-refractivity contribution is 6.32. The summed E-state index contributed by atoms with van der Waals surface area (Å²) >= 11 is 12.4. The third-order valence-electron chi connectivity index (χ3n) is 8.09. The number of piperidine rings is 1. The quantitative estimate of drug-likeness (QED) is 0.345. The van der Waals surface area contributed by atoms with Crippen molar-refractivity contribution in [1.82, 2.24) is 30.1 Å². The van der Waals surface area contributed by atoms with Gasteiger partial charge in [-0.3, -0.25) is 14.5 Å². The number of rotatable bonds is 6. The standard InChI is InChI=1S/C26H35Cl2N9O4/c1-2-14-11-36(24-21(28)33-20(23(30)34-24)25(39)31-17-12-41-13-18(17)38)9-10-37(14)15-5-7-35(8-6-15)26(40)16-3-4-19(27)32-22(16)29/h3-4,14-15,17-18,38H,2,5-13H2,1H3,(H2,29,32)(H2,30,34)(H,31,39)/t14-,17?,18?/m0/s1. The summed E-state index contributed by atoms with van der Waals surface area (Å²) in [6.07, 6.45) is 1.81. The van der Waals surface area contributed by atoms with Gasteiger partial charge in [-0.05, 0) is 31.4 Å². The second-order valence-corrected chi connectivity index (χ2v) is 11.3. The molecular formula is C26H35Cl2N9O4. The van der Waals surface area contributed by atoms with Gasteiger partial charge in [0, 0.05) is 44.8 Å². The van der Waals surface area contributed by atoms with Gasteiger partial charge in [0.2, 0.25) is 0 Å². The van der Waals surface area contributed by atoms with Crippen LogP contribution in [0.25, 0.3) is 0 Å². The molecule has 6 N–H and O–H groups in total. The Kier molecular flexibility index (Phi) is 9.00. The lowest BCUT2D eigenvalue weighted by atomic mass is 9.97. The third-order valence-corrected chi connectivity index (χ3v) is 8.55. The van der Waals surface area contributed by atoms with E-state index in [-0.39, 0.29) is 52.8 Å². The molecule has 5 heterocycles. The molecule has 3 fully saturated rings. The van der Waals surface area contributed by atoms with E-state index in [0.29, 0.717) is 43.6 Å². The summed E-state index contributed by atoms with van der Waals surface area (Å²) in [7, 11) is 0. The molecule has 41 heavy (non-hydrogen) atoms. The summed E-state index contributed by atoms with van der Waals surface area (Å²) in [6, 6.07) is 3.23. The van der Waals surface area contributed by atoms with E-state index in [1.807, 2.05) is 4.90 Å². The van der Waals surface area contributed by atoms with E-state index >= 15 is 0 Å². The molecule has 15 heteroatoms. The minimum atomic E-state index is -0.794. The van der Waals surface area contributed by atoms with Crippen molar-refractivity contribution in [2.24, 2.45) is 0 Å². The number of aliphatic hydroxyl groups is 1. The topological polar surface area (TPSA) is 176 Å². The summed E-state index contributed by atoms with van der Waals surface area (Å²) in [6.45, 7) is 5.88. The Balaban J connectivity index is 1.20. The highest BCUT2D eigenvalue weighted by Gasteiger charge is 2.36. The molecule has 0 spiro atoms. The Morgan fingerprint density at radius 2 is 1.83 bits per heavy atom. The number of nitrogens with zero attached hydrogens (tertiary/aromatic N) is 6. The van der Waals surface area contributed by atoms with Gasteiger partial charge in [-0.15, -0.1) is 0 Å². The number of nitrogen functional groups attached to an aromatic ring is 2. The monoisotopic (exact) mass is 607 g/mol. The summed E-state index contributed by atoms with van der Waals surface area (Å²) in [5, 5.41) is 13.0. The number of anilines is 3. The normalized spacial score (nSPS) is 24.0. The Hall–Kier alpha value is -2.97. The number of carbonyl (C=O) groups is 2. The Morgan fingerprint density at radius 3 is 2.49 bits per heavy atom. The fourth-order valence-corrected chi connectivity index (χ4v) is 6.21. The first-order chi connectivity index (χ1) is 19.7. The third kappa shape index (κ3) is 6.28. The van der Waals surface area contributed by atoms with Crippen LogP contribution < -0.4 is 21.7 Å². The highest BCUT2D eigenvalue weighted by Crippen LogP contribution is 2.30. The number of nitrogens with two attached hydrogens (primary N) is 2. The van der Waals surface area contributed by atoms with Gasteiger partial charge in [0.15, 0.2) is 22.5 Å².